The second-order valence-corrected chi connectivity index (χ2v) is 6.33. The van der Waals surface area contributed by atoms with Crippen LogP contribution < -0.4 is 5.32 Å². The maximum Gasteiger partial charge on any atom is 0.407 e. The number of hydrogen-bond donors (Lipinski definition) is 1. The fourth-order valence-corrected chi connectivity index (χ4v) is 2.14. The van der Waals surface area contributed by atoms with Gasteiger partial charge >= 0.3 is 6.09 Å². The Hall–Kier alpha value is -1.26. The average Bonchev–Trinajstić information content (AvgIpc) is 3.12. The highest BCUT2D eigenvalue weighted by atomic mass is 35.5. The first-order valence-electron chi connectivity index (χ1n) is 6.70. The van der Waals surface area contributed by atoms with E-state index in [2.05, 4.69) is 5.32 Å². The van der Waals surface area contributed by atoms with Crippen molar-refractivity contribution >= 4 is 17.7 Å². The van der Waals surface area contributed by atoms with Crippen LogP contribution in [0.2, 0.25) is 5.02 Å². The molecular weight excluding hydrogens is 278 g/mol. The van der Waals surface area contributed by atoms with Crippen LogP contribution in [0.25, 0.3) is 0 Å². The molecular formula is C15H20ClNO3. The lowest BCUT2D eigenvalue weighted by molar-refractivity contribution is 0.0495. The number of ether oxygens (including phenoxy) is 2. The molecule has 0 radical (unpaired) electrons. The smallest absolute Gasteiger partial charge is 0.407 e. The van der Waals surface area contributed by atoms with E-state index in [0.29, 0.717) is 18.1 Å². The molecule has 0 spiro atoms. The normalized spacial score (nSPS) is 19.3. The number of epoxide rings is 1. The Kier molecular flexibility index (Phi) is 4.55. The Morgan fingerprint density at radius 1 is 1.50 bits per heavy atom. The molecule has 0 aromatic heterocycles. The first-order chi connectivity index (χ1) is 9.35. The van der Waals surface area contributed by atoms with Gasteiger partial charge in [0, 0.05) is 5.02 Å². The lowest BCUT2D eigenvalue weighted by Gasteiger charge is -2.23. The van der Waals surface area contributed by atoms with Crippen LogP contribution >= 0.6 is 11.6 Å². The van der Waals surface area contributed by atoms with Crippen molar-refractivity contribution in [2.45, 2.75) is 44.9 Å². The third-order valence-electron chi connectivity index (χ3n) is 2.91. The number of rotatable bonds is 4. The van der Waals surface area contributed by atoms with Gasteiger partial charge in [0.1, 0.15) is 11.7 Å². The van der Waals surface area contributed by atoms with E-state index >= 15 is 0 Å². The van der Waals surface area contributed by atoms with Crippen LogP contribution in [0.4, 0.5) is 4.79 Å². The number of halogens is 1. The summed E-state index contributed by atoms with van der Waals surface area (Å²) < 4.78 is 10.6. The van der Waals surface area contributed by atoms with Crippen LogP contribution in [0.5, 0.6) is 0 Å². The van der Waals surface area contributed by atoms with E-state index in [4.69, 9.17) is 21.1 Å². The molecule has 1 amide bonds. The first kappa shape index (κ1) is 15.1. The number of hydrogen-bond acceptors (Lipinski definition) is 3. The van der Waals surface area contributed by atoms with Gasteiger partial charge in [-0.25, -0.2) is 4.79 Å². The van der Waals surface area contributed by atoms with Gasteiger partial charge in [-0.15, -0.1) is 0 Å². The van der Waals surface area contributed by atoms with Gasteiger partial charge < -0.3 is 14.8 Å². The molecule has 0 saturated carbocycles. The molecule has 2 rings (SSSR count). The monoisotopic (exact) mass is 297 g/mol. The SMILES string of the molecule is CC(C)(C)OC(=O)N[C@@H](Cc1ccccc1Cl)[C@H]1CO1. The largest absolute Gasteiger partial charge is 0.444 e. The van der Waals surface area contributed by atoms with Gasteiger partial charge in [-0.2, -0.15) is 0 Å². The zero-order chi connectivity index (χ0) is 14.8. The minimum atomic E-state index is -0.510. The molecule has 1 aliphatic heterocycles. The van der Waals surface area contributed by atoms with E-state index < -0.39 is 11.7 Å². The van der Waals surface area contributed by atoms with Crippen molar-refractivity contribution in [2.24, 2.45) is 0 Å². The number of nitrogens with one attached hydrogen (secondary N) is 1. The predicted octanol–water partition coefficient (Wildman–Crippen LogP) is 3.17. The Morgan fingerprint density at radius 3 is 2.70 bits per heavy atom. The minimum Gasteiger partial charge on any atom is -0.444 e. The molecule has 1 aromatic carbocycles. The van der Waals surface area contributed by atoms with Crippen LogP contribution in [-0.4, -0.2) is 30.4 Å². The fourth-order valence-electron chi connectivity index (χ4n) is 1.92. The van der Waals surface area contributed by atoms with E-state index in [-0.39, 0.29) is 12.1 Å². The van der Waals surface area contributed by atoms with Crippen LogP contribution in [0.15, 0.2) is 24.3 Å². The van der Waals surface area contributed by atoms with Gasteiger partial charge in [0.25, 0.3) is 0 Å². The second kappa shape index (κ2) is 6.02. The van der Waals surface area contributed by atoms with E-state index in [0.717, 1.165) is 5.56 Å². The topological polar surface area (TPSA) is 50.9 Å². The standard InChI is InChI=1S/C15H20ClNO3/c1-15(2,3)20-14(18)17-12(13-9-19-13)8-10-6-4-5-7-11(10)16/h4-7,12-13H,8-9H2,1-3H3,(H,17,18)/t12-,13+/m0/s1. The summed E-state index contributed by atoms with van der Waals surface area (Å²) in [6.45, 7) is 6.17. The molecule has 2 atom stereocenters. The van der Waals surface area contributed by atoms with Crippen molar-refractivity contribution in [3.63, 3.8) is 0 Å². The summed E-state index contributed by atoms with van der Waals surface area (Å²) in [5.41, 5.74) is 0.481. The molecule has 0 unspecified atom stereocenters. The molecule has 110 valence electrons. The zero-order valence-electron chi connectivity index (χ0n) is 12.0. The fraction of sp³-hybridized carbons (Fsp3) is 0.533. The van der Waals surface area contributed by atoms with Gasteiger partial charge in [-0.1, -0.05) is 29.8 Å². The van der Waals surface area contributed by atoms with Crippen molar-refractivity contribution in [1.82, 2.24) is 5.32 Å². The molecule has 1 aromatic rings. The highest BCUT2D eigenvalue weighted by Crippen LogP contribution is 2.22. The third kappa shape index (κ3) is 4.69. The summed E-state index contributed by atoms with van der Waals surface area (Å²) in [5, 5.41) is 3.56. The van der Waals surface area contributed by atoms with Crippen LogP contribution in [0.3, 0.4) is 0 Å². The van der Waals surface area contributed by atoms with Crippen molar-refractivity contribution in [3.8, 4) is 0 Å². The summed E-state index contributed by atoms with van der Waals surface area (Å²) in [5.74, 6) is 0. The van der Waals surface area contributed by atoms with Crippen LogP contribution in [0.1, 0.15) is 26.3 Å². The molecule has 0 aliphatic carbocycles. The van der Waals surface area contributed by atoms with E-state index in [1.807, 2.05) is 45.0 Å². The highest BCUT2D eigenvalue weighted by Gasteiger charge is 2.35. The molecule has 20 heavy (non-hydrogen) atoms. The first-order valence-corrected chi connectivity index (χ1v) is 7.07. The van der Waals surface area contributed by atoms with Gasteiger partial charge in [0.15, 0.2) is 0 Å². The number of carbonyl (C=O) groups is 1. The van der Waals surface area contributed by atoms with Crippen molar-refractivity contribution in [1.29, 1.82) is 0 Å². The highest BCUT2D eigenvalue weighted by molar-refractivity contribution is 6.31. The van der Waals surface area contributed by atoms with Crippen molar-refractivity contribution in [2.75, 3.05) is 6.61 Å². The maximum atomic E-state index is 11.9. The zero-order valence-corrected chi connectivity index (χ0v) is 12.7. The second-order valence-electron chi connectivity index (χ2n) is 5.92. The van der Waals surface area contributed by atoms with Gasteiger partial charge in [-0.05, 0) is 38.8 Å². The predicted molar refractivity (Wildman–Crippen MR) is 78.1 cm³/mol. The van der Waals surface area contributed by atoms with E-state index in [1.54, 1.807) is 0 Å². The Labute approximate surface area is 124 Å². The molecule has 5 heteroatoms. The van der Waals surface area contributed by atoms with E-state index in [9.17, 15) is 4.79 Å². The van der Waals surface area contributed by atoms with Gasteiger partial charge in [0.05, 0.1) is 12.6 Å². The molecule has 1 N–H and O–H groups in total. The maximum absolute atomic E-state index is 11.9. The van der Waals surface area contributed by atoms with Gasteiger partial charge in [0.2, 0.25) is 0 Å². The summed E-state index contributed by atoms with van der Waals surface area (Å²) in [4.78, 5) is 11.9. The minimum absolute atomic E-state index is 0.0405. The quantitative estimate of drug-likeness (QED) is 0.869. The van der Waals surface area contributed by atoms with E-state index in [1.165, 1.54) is 0 Å². The van der Waals surface area contributed by atoms with Gasteiger partial charge in [-0.3, -0.25) is 0 Å². The molecule has 1 fully saturated rings. The Morgan fingerprint density at radius 2 is 2.15 bits per heavy atom. The summed E-state index contributed by atoms with van der Waals surface area (Å²) in [7, 11) is 0. The Balaban J connectivity index is 1.98. The molecule has 1 aliphatic rings. The van der Waals surface area contributed by atoms with Crippen LogP contribution in [0, 0.1) is 0 Å². The summed E-state index contributed by atoms with van der Waals surface area (Å²) in [6.07, 6.45) is 0.243. The van der Waals surface area contributed by atoms with Crippen molar-refractivity contribution < 1.29 is 14.3 Å². The number of benzene rings is 1. The van der Waals surface area contributed by atoms with Crippen LogP contribution in [-0.2, 0) is 15.9 Å². The van der Waals surface area contributed by atoms with Crippen molar-refractivity contribution in [3.05, 3.63) is 34.9 Å². The molecule has 0 bridgehead atoms. The molecule has 1 saturated heterocycles. The number of carbonyl (C=O) groups excluding carboxylic acids is 1. The summed E-state index contributed by atoms with van der Waals surface area (Å²) >= 11 is 6.15. The number of amides is 1. The lowest BCUT2D eigenvalue weighted by atomic mass is 10.0. The third-order valence-corrected chi connectivity index (χ3v) is 3.28. The molecule has 4 nitrogen and oxygen atoms in total. The Bertz CT molecular complexity index is 480. The summed E-state index contributed by atoms with van der Waals surface area (Å²) in [6, 6.07) is 7.49. The number of alkyl carbamates (subject to hydrolysis) is 1. The average molecular weight is 298 g/mol. The molecule has 1 heterocycles. The lowest BCUT2D eigenvalue weighted by Crippen LogP contribution is -2.43.